The number of rotatable bonds is 10. The van der Waals surface area contributed by atoms with Gasteiger partial charge >= 0.3 is 0 Å². The van der Waals surface area contributed by atoms with Gasteiger partial charge in [-0.15, -0.1) is 11.3 Å². The van der Waals surface area contributed by atoms with Crippen molar-refractivity contribution < 1.29 is 31.1 Å². The third-order valence-corrected chi connectivity index (χ3v) is 11.8. The summed E-state index contributed by atoms with van der Waals surface area (Å²) in [7, 11) is -5.79. The van der Waals surface area contributed by atoms with Crippen LogP contribution in [0.15, 0.2) is 58.8 Å². The molecular formula is C27H31N3O7S3. The molecule has 5 rings (SSSR count). The van der Waals surface area contributed by atoms with Crippen molar-refractivity contribution in [3.8, 4) is 11.5 Å². The quantitative estimate of drug-likeness (QED) is 0.363. The molecule has 0 saturated carbocycles. The Labute approximate surface area is 238 Å². The third-order valence-electron chi connectivity index (χ3n) is 6.90. The van der Waals surface area contributed by atoms with Gasteiger partial charge < -0.3 is 14.8 Å². The monoisotopic (exact) mass is 605 g/mol. The van der Waals surface area contributed by atoms with E-state index < -0.39 is 20.0 Å². The first kappa shape index (κ1) is 28.6. The topological polar surface area (TPSA) is 131 Å². The first-order valence-electron chi connectivity index (χ1n) is 12.9. The van der Waals surface area contributed by atoms with Gasteiger partial charge in [-0.05, 0) is 60.4 Å². The van der Waals surface area contributed by atoms with Gasteiger partial charge in [0.2, 0.25) is 10.0 Å². The largest absolute Gasteiger partial charge is 0.497 e. The molecule has 13 heteroatoms. The highest BCUT2D eigenvalue weighted by atomic mass is 32.2. The lowest BCUT2D eigenvalue weighted by Crippen LogP contribution is -2.46. The van der Waals surface area contributed by atoms with Crippen molar-refractivity contribution >= 4 is 37.3 Å². The molecule has 3 heterocycles. The number of nitrogens with one attached hydrogen (secondary N) is 2. The SMILES string of the molecule is COc1cccc(C(=O)NCc2ccc(S(=O)(=O)N3CCC(NS(=O)(=O)Cc4ccc5c(c4)CCO5)CC3)s2)c1. The molecule has 2 aliphatic rings. The highest BCUT2D eigenvalue weighted by Gasteiger charge is 2.32. The smallest absolute Gasteiger partial charge is 0.252 e. The molecule has 2 aliphatic heterocycles. The summed E-state index contributed by atoms with van der Waals surface area (Å²) in [5.74, 6) is 0.957. The Balaban J connectivity index is 1.13. The Kier molecular flexibility index (Phi) is 8.47. The minimum atomic E-state index is -3.73. The van der Waals surface area contributed by atoms with Crippen LogP contribution in [0, 0.1) is 0 Å². The van der Waals surface area contributed by atoms with Crippen LogP contribution in [0.5, 0.6) is 11.5 Å². The van der Waals surface area contributed by atoms with E-state index in [4.69, 9.17) is 9.47 Å². The molecule has 2 aromatic carbocycles. The molecule has 1 saturated heterocycles. The van der Waals surface area contributed by atoms with Crippen molar-refractivity contribution in [1.29, 1.82) is 0 Å². The molecule has 1 amide bonds. The highest BCUT2D eigenvalue weighted by molar-refractivity contribution is 7.91. The lowest BCUT2D eigenvalue weighted by molar-refractivity contribution is 0.0951. The summed E-state index contributed by atoms with van der Waals surface area (Å²) in [6.45, 7) is 1.23. The molecule has 0 unspecified atom stereocenters. The van der Waals surface area contributed by atoms with Gasteiger partial charge in [-0.25, -0.2) is 21.6 Å². The zero-order valence-electron chi connectivity index (χ0n) is 22.0. The molecule has 10 nitrogen and oxygen atoms in total. The Morgan fingerprint density at radius 1 is 1.07 bits per heavy atom. The molecule has 1 fully saturated rings. The van der Waals surface area contributed by atoms with Crippen molar-refractivity contribution in [3.63, 3.8) is 0 Å². The normalized spacial score (nSPS) is 16.3. The van der Waals surface area contributed by atoms with Crippen molar-refractivity contribution in [1.82, 2.24) is 14.3 Å². The number of carbonyl (C=O) groups is 1. The number of piperidine rings is 1. The second kappa shape index (κ2) is 11.9. The maximum Gasteiger partial charge on any atom is 0.252 e. The van der Waals surface area contributed by atoms with Crippen LogP contribution >= 0.6 is 11.3 Å². The van der Waals surface area contributed by atoms with Crippen LogP contribution in [0.1, 0.15) is 39.2 Å². The molecule has 3 aromatic rings. The number of carbonyl (C=O) groups excluding carboxylic acids is 1. The van der Waals surface area contributed by atoms with Crippen molar-refractivity contribution in [2.45, 2.75) is 41.8 Å². The summed E-state index contributed by atoms with van der Waals surface area (Å²) in [6.07, 6.45) is 1.53. The molecule has 40 heavy (non-hydrogen) atoms. The highest BCUT2D eigenvalue weighted by Crippen LogP contribution is 2.29. The average molecular weight is 606 g/mol. The van der Waals surface area contributed by atoms with Crippen LogP contribution in [0.4, 0.5) is 0 Å². The lowest BCUT2D eigenvalue weighted by Gasteiger charge is -2.31. The third kappa shape index (κ3) is 6.66. The van der Waals surface area contributed by atoms with Gasteiger partial charge in [-0.1, -0.05) is 18.2 Å². The molecule has 0 radical (unpaired) electrons. The van der Waals surface area contributed by atoms with Gasteiger partial charge in [0.05, 0.1) is 26.0 Å². The van der Waals surface area contributed by atoms with E-state index in [9.17, 15) is 21.6 Å². The molecule has 214 valence electrons. The molecule has 0 atom stereocenters. The van der Waals surface area contributed by atoms with Crippen molar-refractivity contribution in [2.24, 2.45) is 0 Å². The summed E-state index contributed by atoms with van der Waals surface area (Å²) in [4.78, 5) is 13.2. The van der Waals surface area contributed by atoms with Crippen LogP contribution < -0.4 is 19.5 Å². The number of benzene rings is 2. The summed E-state index contributed by atoms with van der Waals surface area (Å²) in [6, 6.07) is 15.1. The number of ether oxygens (including phenoxy) is 2. The van der Waals surface area contributed by atoms with E-state index in [1.807, 2.05) is 6.07 Å². The minimum absolute atomic E-state index is 0.134. The van der Waals surface area contributed by atoms with Crippen molar-refractivity contribution in [3.05, 3.63) is 76.2 Å². The van der Waals surface area contributed by atoms with Crippen LogP contribution in [0.2, 0.25) is 0 Å². The first-order valence-corrected chi connectivity index (χ1v) is 16.8. The first-order chi connectivity index (χ1) is 19.1. The van der Waals surface area contributed by atoms with E-state index in [1.54, 1.807) is 48.5 Å². The second-order valence-corrected chi connectivity index (χ2v) is 14.8. The van der Waals surface area contributed by atoms with Gasteiger partial charge in [-0.2, -0.15) is 4.31 Å². The predicted octanol–water partition coefficient (Wildman–Crippen LogP) is 2.89. The number of hydrogen-bond acceptors (Lipinski definition) is 8. The van der Waals surface area contributed by atoms with E-state index in [2.05, 4.69) is 10.0 Å². The number of fused-ring (bicyclic) bond motifs is 1. The van der Waals surface area contributed by atoms with Crippen LogP contribution in [-0.4, -0.2) is 59.9 Å². The van der Waals surface area contributed by atoms with Gasteiger partial charge in [-0.3, -0.25) is 4.79 Å². The van der Waals surface area contributed by atoms with E-state index in [1.165, 1.54) is 11.4 Å². The number of thiophene rings is 1. The number of hydrogen-bond donors (Lipinski definition) is 2. The molecule has 0 spiro atoms. The van der Waals surface area contributed by atoms with E-state index >= 15 is 0 Å². The maximum atomic E-state index is 13.2. The summed E-state index contributed by atoms with van der Waals surface area (Å²) in [5.41, 5.74) is 2.16. The lowest BCUT2D eigenvalue weighted by atomic mass is 10.1. The zero-order valence-corrected chi connectivity index (χ0v) is 24.4. The minimum Gasteiger partial charge on any atom is -0.497 e. The summed E-state index contributed by atoms with van der Waals surface area (Å²) in [5, 5.41) is 2.80. The summed E-state index contributed by atoms with van der Waals surface area (Å²) < 4.78 is 67.0. The molecule has 2 N–H and O–H groups in total. The fraction of sp³-hybridized carbons (Fsp3) is 0.370. The van der Waals surface area contributed by atoms with Gasteiger partial charge in [0.1, 0.15) is 15.7 Å². The number of nitrogens with zero attached hydrogens (tertiary/aromatic N) is 1. The number of amides is 1. The van der Waals surface area contributed by atoms with Crippen LogP contribution in [0.25, 0.3) is 0 Å². The molecular weight excluding hydrogens is 575 g/mol. The Morgan fingerprint density at radius 3 is 2.65 bits per heavy atom. The second-order valence-electron chi connectivity index (χ2n) is 9.73. The fourth-order valence-electron chi connectivity index (χ4n) is 4.81. The standard InChI is InChI=1S/C27H31N3O7S3/c1-36-23-4-2-3-21(16-23)27(31)28-17-24-6-8-26(38-24)40(34,35)30-12-9-22(10-13-30)29-39(32,33)18-19-5-7-25-20(15-19)11-14-37-25/h2-8,15-16,22,29H,9-14,17-18H2,1H3,(H,28,31). The Morgan fingerprint density at radius 2 is 1.88 bits per heavy atom. The zero-order chi connectivity index (χ0) is 28.3. The predicted molar refractivity (Wildman–Crippen MR) is 152 cm³/mol. The maximum absolute atomic E-state index is 13.2. The Hall–Kier alpha value is -2.97. The molecule has 1 aromatic heterocycles. The van der Waals surface area contributed by atoms with Gasteiger partial charge in [0, 0.05) is 36.0 Å². The number of sulfonamides is 2. The Bertz CT molecular complexity index is 1590. The van der Waals surface area contributed by atoms with Gasteiger partial charge in [0.15, 0.2) is 0 Å². The summed E-state index contributed by atoms with van der Waals surface area (Å²) >= 11 is 1.11. The fourth-order valence-corrected chi connectivity index (χ4v) is 9.18. The molecule has 0 aliphatic carbocycles. The van der Waals surface area contributed by atoms with Crippen molar-refractivity contribution in [2.75, 3.05) is 26.8 Å². The average Bonchev–Trinajstić information content (AvgIpc) is 3.61. The van der Waals surface area contributed by atoms with E-state index in [-0.39, 0.29) is 41.5 Å². The van der Waals surface area contributed by atoms with Crippen LogP contribution in [-0.2, 0) is 38.8 Å². The van der Waals surface area contributed by atoms with E-state index in [0.717, 1.165) is 29.1 Å². The molecule has 0 bridgehead atoms. The van der Waals surface area contributed by atoms with Crippen LogP contribution in [0.3, 0.4) is 0 Å². The van der Waals surface area contributed by atoms with E-state index in [0.29, 0.717) is 41.2 Å². The van der Waals surface area contributed by atoms with Gasteiger partial charge in [0.25, 0.3) is 15.9 Å². The number of methoxy groups -OCH3 is 1.